The van der Waals surface area contributed by atoms with E-state index in [1.165, 1.54) is 0 Å². The zero-order chi connectivity index (χ0) is 6.91. The van der Waals surface area contributed by atoms with Crippen molar-refractivity contribution in [3.63, 3.8) is 0 Å². The molecule has 0 N–H and O–H groups in total. The van der Waals surface area contributed by atoms with Crippen molar-refractivity contribution in [1.29, 1.82) is 0 Å². The Morgan fingerprint density at radius 2 is 2.56 bits per heavy atom. The second-order valence-electron chi connectivity index (χ2n) is 2.38. The monoisotopic (exact) mass is 125 g/mol. The maximum absolute atomic E-state index is 10.5. The molecule has 1 fully saturated rings. The summed E-state index contributed by atoms with van der Waals surface area (Å²) in [4.78, 5) is 10.5. The zero-order valence-corrected chi connectivity index (χ0v) is 5.44. The number of hydrogen-bond donors (Lipinski definition) is 0. The summed E-state index contributed by atoms with van der Waals surface area (Å²) in [5.74, 6) is -0.145. The molecule has 0 aromatic carbocycles. The average Bonchev–Trinajstić information content (AvgIpc) is 2.13. The normalized spacial score (nSPS) is 33.7. The summed E-state index contributed by atoms with van der Waals surface area (Å²) >= 11 is 0. The highest BCUT2D eigenvalue weighted by Gasteiger charge is 2.43. The van der Waals surface area contributed by atoms with Crippen molar-refractivity contribution in [3.05, 3.63) is 12.7 Å². The minimum absolute atomic E-state index is 0.145. The van der Waals surface area contributed by atoms with Crippen molar-refractivity contribution in [2.45, 2.75) is 25.4 Å². The fourth-order valence-electron chi connectivity index (χ4n) is 0.818. The molecule has 0 spiro atoms. The van der Waals surface area contributed by atoms with E-state index in [1.807, 2.05) is 6.92 Å². The number of rotatable bonds is 1. The van der Waals surface area contributed by atoms with E-state index in [-0.39, 0.29) is 5.97 Å². The molecule has 0 aromatic rings. The third kappa shape index (κ3) is 1.08. The third-order valence-corrected chi connectivity index (χ3v) is 1.52. The first-order chi connectivity index (χ1) is 4.16. The number of ether oxygens (including phenoxy) is 1. The van der Waals surface area contributed by atoms with Gasteiger partial charge in [-0.3, -0.25) is 4.79 Å². The van der Waals surface area contributed by atoms with E-state index in [9.17, 15) is 4.79 Å². The largest absolute Gasteiger partial charge is 0.408 e. The highest BCUT2D eigenvalue weighted by atomic mass is 16.6. The van der Waals surface area contributed by atoms with Crippen LogP contribution < -0.4 is 0 Å². The molecule has 2 heteroatoms. The molecule has 48 valence electrons. The van der Waals surface area contributed by atoms with Crippen molar-refractivity contribution >= 4 is 5.97 Å². The Morgan fingerprint density at radius 1 is 1.89 bits per heavy atom. The van der Waals surface area contributed by atoms with E-state index in [4.69, 9.17) is 4.74 Å². The first kappa shape index (κ1) is 6.24. The van der Waals surface area contributed by atoms with E-state index < -0.39 is 5.60 Å². The second kappa shape index (κ2) is 1.82. The molecule has 1 atom stereocenters. The van der Waals surface area contributed by atoms with Crippen LogP contribution in [0.1, 0.15) is 19.8 Å². The van der Waals surface area contributed by atoms with E-state index in [0.717, 1.165) is 6.42 Å². The summed E-state index contributed by atoms with van der Waals surface area (Å²) in [5, 5.41) is 0. The molecule has 0 radical (unpaired) electrons. The Kier molecular flexibility index (Phi) is 1.26. The lowest BCUT2D eigenvalue weighted by Gasteiger charge is -2.02. The van der Waals surface area contributed by atoms with Gasteiger partial charge in [-0.25, -0.2) is 0 Å². The highest BCUT2D eigenvalue weighted by molar-refractivity contribution is 5.72. The van der Waals surface area contributed by atoms with Crippen LogP contribution in [-0.4, -0.2) is 11.6 Å². The van der Waals surface area contributed by atoms with Gasteiger partial charge in [-0.15, -0.1) is 0 Å². The maximum atomic E-state index is 10.5. The molecular weight excluding hydrogens is 116 g/mol. The SMILES string of the molecule is C=[C+]C1(C)CCC(=O)O1. The van der Waals surface area contributed by atoms with Crippen LogP contribution in [0.5, 0.6) is 0 Å². The van der Waals surface area contributed by atoms with Gasteiger partial charge in [0.1, 0.15) is 6.58 Å². The fourth-order valence-corrected chi connectivity index (χ4v) is 0.818. The lowest BCUT2D eigenvalue weighted by atomic mass is 10.0. The van der Waals surface area contributed by atoms with Gasteiger partial charge in [0, 0.05) is 6.92 Å². The summed E-state index contributed by atoms with van der Waals surface area (Å²) in [7, 11) is 0. The van der Waals surface area contributed by atoms with Crippen molar-refractivity contribution in [2.24, 2.45) is 0 Å². The van der Waals surface area contributed by atoms with Gasteiger partial charge in [0.25, 0.3) is 6.08 Å². The Bertz CT molecular complexity index is 151. The molecule has 0 aliphatic carbocycles. The van der Waals surface area contributed by atoms with Crippen molar-refractivity contribution < 1.29 is 9.53 Å². The predicted octanol–water partition coefficient (Wildman–Crippen LogP) is 1.07. The molecular formula is C7H9O2+. The van der Waals surface area contributed by atoms with Crippen molar-refractivity contribution in [1.82, 2.24) is 0 Å². The van der Waals surface area contributed by atoms with Crippen LogP contribution in [0.2, 0.25) is 0 Å². The Morgan fingerprint density at radius 3 is 2.78 bits per heavy atom. The zero-order valence-electron chi connectivity index (χ0n) is 5.44. The average molecular weight is 125 g/mol. The van der Waals surface area contributed by atoms with Crippen molar-refractivity contribution in [3.8, 4) is 0 Å². The molecule has 0 bridgehead atoms. The molecule has 2 nitrogen and oxygen atoms in total. The minimum Gasteiger partial charge on any atom is -0.408 e. The summed E-state index contributed by atoms with van der Waals surface area (Å²) in [6.45, 7) is 5.26. The molecule has 1 heterocycles. The summed E-state index contributed by atoms with van der Waals surface area (Å²) in [5.41, 5.74) is -0.503. The molecule has 1 aliphatic rings. The number of esters is 1. The lowest BCUT2D eigenvalue weighted by Crippen LogP contribution is -2.20. The number of cyclic esters (lactones) is 1. The summed E-state index contributed by atoms with van der Waals surface area (Å²) in [6, 6.07) is 0. The van der Waals surface area contributed by atoms with Crippen LogP contribution >= 0.6 is 0 Å². The maximum Gasteiger partial charge on any atom is 0.322 e. The first-order valence-electron chi connectivity index (χ1n) is 2.92. The van der Waals surface area contributed by atoms with Crippen LogP contribution in [0.25, 0.3) is 0 Å². The summed E-state index contributed by atoms with van der Waals surface area (Å²) in [6.07, 6.45) is 3.89. The Balaban J connectivity index is 2.65. The first-order valence-corrected chi connectivity index (χ1v) is 2.92. The molecule has 0 amide bonds. The smallest absolute Gasteiger partial charge is 0.322 e. The Labute approximate surface area is 54.5 Å². The van der Waals surface area contributed by atoms with Gasteiger partial charge in [-0.1, -0.05) is 0 Å². The standard InChI is InChI=1S/C7H9O2/c1-3-7(2)5-4-6(8)9-7/h1,4-5H2,2H3/q+1. The topological polar surface area (TPSA) is 26.3 Å². The molecule has 1 aliphatic heterocycles. The van der Waals surface area contributed by atoms with Gasteiger partial charge in [-0.2, -0.15) is 0 Å². The third-order valence-electron chi connectivity index (χ3n) is 1.52. The van der Waals surface area contributed by atoms with E-state index in [0.29, 0.717) is 6.42 Å². The van der Waals surface area contributed by atoms with Crippen LogP contribution in [0.15, 0.2) is 6.58 Å². The number of carbonyl (C=O) groups is 1. The van der Waals surface area contributed by atoms with E-state index >= 15 is 0 Å². The van der Waals surface area contributed by atoms with E-state index in [2.05, 4.69) is 12.7 Å². The molecule has 0 aromatic heterocycles. The molecule has 1 saturated heterocycles. The van der Waals surface area contributed by atoms with Crippen molar-refractivity contribution in [2.75, 3.05) is 0 Å². The van der Waals surface area contributed by atoms with Gasteiger partial charge < -0.3 is 4.74 Å². The lowest BCUT2D eigenvalue weighted by molar-refractivity contribution is -0.144. The minimum atomic E-state index is -0.503. The van der Waals surface area contributed by atoms with Crippen LogP contribution in [0, 0.1) is 6.08 Å². The predicted molar refractivity (Wildman–Crippen MR) is 32.6 cm³/mol. The van der Waals surface area contributed by atoms with Crippen LogP contribution in [-0.2, 0) is 9.53 Å². The highest BCUT2D eigenvalue weighted by Crippen LogP contribution is 2.25. The van der Waals surface area contributed by atoms with Gasteiger partial charge in [-0.05, 0) is 0 Å². The molecule has 1 rings (SSSR count). The Hall–Kier alpha value is -0.880. The summed E-state index contributed by atoms with van der Waals surface area (Å²) < 4.78 is 4.89. The molecule has 9 heavy (non-hydrogen) atoms. The van der Waals surface area contributed by atoms with Crippen LogP contribution in [0.3, 0.4) is 0 Å². The molecule has 0 saturated carbocycles. The van der Waals surface area contributed by atoms with E-state index in [1.54, 1.807) is 0 Å². The number of carbonyl (C=O) groups excluding carboxylic acids is 1. The quantitative estimate of drug-likeness (QED) is 0.387. The second-order valence-corrected chi connectivity index (χ2v) is 2.38. The van der Waals surface area contributed by atoms with Gasteiger partial charge in [0.05, 0.1) is 12.8 Å². The van der Waals surface area contributed by atoms with Crippen LogP contribution in [0.4, 0.5) is 0 Å². The van der Waals surface area contributed by atoms with Gasteiger partial charge in [0.15, 0.2) is 0 Å². The number of hydrogen-bond acceptors (Lipinski definition) is 2. The van der Waals surface area contributed by atoms with Gasteiger partial charge in [0.2, 0.25) is 0 Å². The fraction of sp³-hybridized carbons (Fsp3) is 0.571. The molecule has 1 unspecified atom stereocenters. The van der Waals surface area contributed by atoms with Gasteiger partial charge >= 0.3 is 11.6 Å².